The van der Waals surface area contributed by atoms with Gasteiger partial charge in [-0.25, -0.2) is 9.59 Å². The van der Waals surface area contributed by atoms with Crippen LogP contribution in [0.25, 0.3) is 0 Å². The number of carbonyl (C=O) groups is 4. The number of hydrogen-bond acceptors (Lipinski definition) is 5. The number of benzene rings is 2. The molecule has 2 rings (SSSR count). The molecule has 158 valence electrons. The number of carboxylic acid groups (broad SMARTS) is 1. The number of aliphatic carboxylic acids is 1. The van der Waals surface area contributed by atoms with E-state index in [-0.39, 0.29) is 13.0 Å². The second-order valence-corrected chi connectivity index (χ2v) is 6.27. The maximum Gasteiger partial charge on any atom is 0.407 e. The van der Waals surface area contributed by atoms with Crippen molar-refractivity contribution in [2.24, 2.45) is 0 Å². The van der Waals surface area contributed by atoms with Crippen molar-refractivity contribution < 1.29 is 30.4 Å². The second-order valence-electron chi connectivity index (χ2n) is 6.27. The third kappa shape index (κ3) is 8.42. The van der Waals surface area contributed by atoms with E-state index in [1.165, 1.54) is 0 Å². The first-order valence-corrected chi connectivity index (χ1v) is 9.15. The maximum absolute atomic E-state index is 12.1. The van der Waals surface area contributed by atoms with Crippen LogP contribution >= 0.6 is 0 Å². The van der Waals surface area contributed by atoms with Gasteiger partial charge in [-0.3, -0.25) is 9.59 Å². The molecule has 9 nitrogen and oxygen atoms in total. The van der Waals surface area contributed by atoms with Crippen LogP contribution in [0.1, 0.15) is 11.1 Å². The van der Waals surface area contributed by atoms with Crippen LogP contribution in [0.15, 0.2) is 60.7 Å². The molecular formula is C21H23N3O6. The number of carbonyl (C=O) groups excluding carboxylic acids is 3. The Hall–Kier alpha value is -3.88. The highest BCUT2D eigenvalue weighted by Crippen LogP contribution is 2.03. The van der Waals surface area contributed by atoms with Gasteiger partial charge in [0, 0.05) is 6.42 Å². The van der Waals surface area contributed by atoms with Gasteiger partial charge in [0.05, 0.1) is 6.54 Å². The molecule has 2 aromatic rings. The molecule has 0 aliphatic carbocycles. The Kier molecular flexibility index (Phi) is 8.23. The van der Waals surface area contributed by atoms with E-state index in [0.717, 1.165) is 5.56 Å². The summed E-state index contributed by atoms with van der Waals surface area (Å²) in [7, 11) is 0. The van der Waals surface area contributed by atoms with E-state index >= 15 is 0 Å². The van der Waals surface area contributed by atoms with E-state index in [2.05, 4.69) is 10.6 Å². The van der Waals surface area contributed by atoms with Crippen molar-refractivity contribution in [1.29, 1.82) is 0 Å². The van der Waals surface area contributed by atoms with Crippen LogP contribution < -0.4 is 15.9 Å². The van der Waals surface area contributed by atoms with Gasteiger partial charge in [0.2, 0.25) is 11.8 Å². The van der Waals surface area contributed by atoms with Crippen molar-refractivity contribution in [3.63, 3.8) is 0 Å². The van der Waals surface area contributed by atoms with Crippen LogP contribution in [0.2, 0.25) is 1.41 Å². The number of carboxylic acids is 1. The van der Waals surface area contributed by atoms with Crippen LogP contribution in [-0.4, -0.2) is 48.1 Å². The molecule has 0 saturated carbocycles. The Morgan fingerprint density at radius 1 is 0.900 bits per heavy atom. The van der Waals surface area contributed by atoms with Gasteiger partial charge in [0.1, 0.15) is 19.2 Å². The highest BCUT2D eigenvalue weighted by atomic mass is 16.5. The average Bonchev–Trinajstić information content (AvgIpc) is 2.76. The van der Waals surface area contributed by atoms with Crippen LogP contribution in [-0.2, 0) is 32.1 Å². The minimum Gasteiger partial charge on any atom is -0.480 e. The Labute approximate surface area is 174 Å². The lowest BCUT2D eigenvalue weighted by molar-refractivity contribution is -0.141. The van der Waals surface area contributed by atoms with Crippen molar-refractivity contribution in [3.05, 3.63) is 71.8 Å². The molecule has 0 aromatic heterocycles. The normalized spacial score (nSPS) is 11.5. The fourth-order valence-electron chi connectivity index (χ4n) is 2.43. The number of ether oxygens (including phenoxy) is 1. The predicted molar refractivity (Wildman–Crippen MR) is 107 cm³/mol. The quantitative estimate of drug-likeness (QED) is 0.455. The first-order chi connectivity index (χ1) is 14.8. The number of amides is 3. The monoisotopic (exact) mass is 414 g/mol. The van der Waals surface area contributed by atoms with Crippen molar-refractivity contribution in [2.75, 3.05) is 13.1 Å². The van der Waals surface area contributed by atoms with Crippen molar-refractivity contribution in [3.8, 4) is 0 Å². The summed E-state index contributed by atoms with van der Waals surface area (Å²) in [5.41, 5.74) is 1.48. The van der Waals surface area contributed by atoms with Gasteiger partial charge in [-0.15, -0.1) is 0 Å². The van der Waals surface area contributed by atoms with E-state index in [1.54, 1.807) is 54.6 Å². The summed E-state index contributed by atoms with van der Waals surface area (Å²) in [6.07, 6.45) is -0.785. The highest BCUT2D eigenvalue weighted by Gasteiger charge is 2.20. The van der Waals surface area contributed by atoms with Crippen LogP contribution in [0, 0.1) is 0 Å². The molecule has 1 atom stereocenters. The molecule has 30 heavy (non-hydrogen) atoms. The number of nitrogens with one attached hydrogen (secondary N) is 3. The Morgan fingerprint density at radius 2 is 1.50 bits per heavy atom. The lowest BCUT2D eigenvalue weighted by atomic mass is 10.1. The first-order valence-electron chi connectivity index (χ1n) is 9.59. The summed E-state index contributed by atoms with van der Waals surface area (Å²) < 4.78 is 12.6. The topological polar surface area (TPSA) is 134 Å². The van der Waals surface area contributed by atoms with Gasteiger partial charge in [0.15, 0.2) is 1.41 Å². The van der Waals surface area contributed by atoms with Crippen LogP contribution in [0.5, 0.6) is 0 Å². The largest absolute Gasteiger partial charge is 0.480 e. The zero-order valence-corrected chi connectivity index (χ0v) is 16.1. The molecule has 0 bridgehead atoms. The van der Waals surface area contributed by atoms with Crippen molar-refractivity contribution in [2.45, 2.75) is 19.1 Å². The van der Waals surface area contributed by atoms with Gasteiger partial charge in [-0.1, -0.05) is 60.7 Å². The molecule has 9 heteroatoms. The third-order valence-corrected chi connectivity index (χ3v) is 3.91. The smallest absolute Gasteiger partial charge is 0.407 e. The summed E-state index contributed by atoms with van der Waals surface area (Å²) in [6, 6.07) is 16.5. The van der Waals surface area contributed by atoms with Crippen molar-refractivity contribution in [1.82, 2.24) is 15.9 Å². The molecule has 3 amide bonds. The Morgan fingerprint density at radius 3 is 2.10 bits per heavy atom. The summed E-state index contributed by atoms with van der Waals surface area (Å²) in [4.78, 5) is 47.0. The van der Waals surface area contributed by atoms with E-state index < -0.39 is 43.0 Å². The molecule has 0 unspecified atom stereocenters. The van der Waals surface area contributed by atoms with Crippen LogP contribution in [0.4, 0.5) is 4.79 Å². The van der Waals surface area contributed by atoms with Gasteiger partial charge in [0.25, 0.3) is 0 Å². The van der Waals surface area contributed by atoms with Gasteiger partial charge in [-0.05, 0) is 11.1 Å². The Bertz CT molecular complexity index is 895. The lowest BCUT2D eigenvalue weighted by Crippen LogP contribution is -2.47. The minimum atomic E-state index is -1.23. The van der Waals surface area contributed by atoms with Crippen molar-refractivity contribution >= 4 is 23.9 Å². The van der Waals surface area contributed by atoms with E-state index in [4.69, 9.17) is 6.15 Å². The van der Waals surface area contributed by atoms with E-state index in [0.29, 0.717) is 10.9 Å². The third-order valence-electron chi connectivity index (χ3n) is 3.91. The molecule has 0 heterocycles. The molecular weight excluding hydrogens is 390 g/mol. The molecule has 0 saturated heterocycles. The molecule has 4 N–H and O–H groups in total. The zero-order valence-electron chi connectivity index (χ0n) is 17.1. The lowest BCUT2D eigenvalue weighted by Gasteiger charge is -2.15. The number of alkyl carbamates (subject to hydrolysis) is 1. The number of hydrogen-bond donors (Lipinski definition) is 4. The first kappa shape index (κ1) is 20.8. The molecule has 0 radical (unpaired) electrons. The SMILES string of the molecule is [2H]N(CC(=O)N[C@@H](Cc1ccccc1)C(=O)O)C(=O)CNC(=O)OCc1ccccc1. The highest BCUT2D eigenvalue weighted by molar-refractivity contribution is 5.89. The van der Waals surface area contributed by atoms with E-state index in [9.17, 15) is 24.3 Å². The molecule has 0 aliphatic heterocycles. The number of rotatable bonds is 10. The second kappa shape index (κ2) is 11.8. The molecule has 0 fully saturated rings. The zero-order chi connectivity index (χ0) is 22.6. The standard InChI is InChI=1S/C21H23N3O6/c25-18(12-23-21(29)30-14-16-9-5-2-6-10-16)22-13-19(26)24-17(20(27)28)11-15-7-3-1-4-8-15/h1-10,17H,11-14H2,(H,22,25)(H,23,29)(H,24,26)(H,27,28)/t17-/m0/s1/i/hD. The maximum atomic E-state index is 12.1. The van der Waals surface area contributed by atoms with Gasteiger partial charge in [-0.2, -0.15) is 0 Å². The van der Waals surface area contributed by atoms with Gasteiger partial charge < -0.3 is 25.8 Å². The fourth-order valence-corrected chi connectivity index (χ4v) is 2.43. The van der Waals surface area contributed by atoms with Crippen LogP contribution in [0.3, 0.4) is 0 Å². The summed E-state index contributed by atoms with van der Waals surface area (Å²) in [5.74, 6) is -2.90. The predicted octanol–water partition coefficient (Wildman–Crippen LogP) is 0.841. The average molecular weight is 414 g/mol. The molecule has 0 spiro atoms. The summed E-state index contributed by atoms with van der Waals surface area (Å²) in [5, 5.41) is 14.1. The Balaban J connectivity index is 1.74. The fraction of sp³-hybridized carbons (Fsp3) is 0.238. The summed E-state index contributed by atoms with van der Waals surface area (Å²) in [6.45, 7) is -1.21. The van der Waals surface area contributed by atoms with E-state index in [1.807, 2.05) is 6.07 Å². The summed E-state index contributed by atoms with van der Waals surface area (Å²) >= 11 is 0. The van der Waals surface area contributed by atoms with Gasteiger partial charge >= 0.3 is 12.1 Å². The minimum absolute atomic E-state index is 0.0197. The molecule has 2 aromatic carbocycles. The molecule has 0 aliphatic rings.